The van der Waals surface area contributed by atoms with E-state index in [9.17, 15) is 4.79 Å². The van der Waals surface area contributed by atoms with E-state index < -0.39 is 0 Å². The Morgan fingerprint density at radius 3 is 2.86 bits per heavy atom. The molecule has 1 heterocycles. The number of carbonyl (C=O) groups excluding carboxylic acids is 1. The van der Waals surface area contributed by atoms with E-state index in [-0.39, 0.29) is 5.41 Å². The second-order valence-corrected chi connectivity index (χ2v) is 4.14. The lowest BCUT2D eigenvalue weighted by atomic mass is 9.89. The number of ether oxygens (including phenoxy) is 2. The van der Waals surface area contributed by atoms with Crippen molar-refractivity contribution in [3.63, 3.8) is 0 Å². The van der Waals surface area contributed by atoms with E-state index in [2.05, 4.69) is 0 Å². The molecule has 0 saturated heterocycles. The zero-order valence-electron chi connectivity index (χ0n) is 7.91. The molecule has 3 nitrogen and oxygen atoms in total. The van der Waals surface area contributed by atoms with Gasteiger partial charge in [0.05, 0.1) is 0 Å². The molecule has 0 atom stereocenters. The second-order valence-electron chi connectivity index (χ2n) is 4.14. The Morgan fingerprint density at radius 1 is 1.29 bits per heavy atom. The predicted molar refractivity (Wildman–Crippen MR) is 49.1 cm³/mol. The third kappa shape index (κ3) is 1.01. The molecule has 3 rings (SSSR count). The normalized spacial score (nSPS) is 27.3. The highest BCUT2D eigenvalue weighted by atomic mass is 16.7. The number of carbonyl (C=O) groups is 1. The summed E-state index contributed by atoms with van der Waals surface area (Å²) < 4.78 is 10.6. The van der Waals surface area contributed by atoms with Crippen LogP contribution in [0.1, 0.15) is 25.7 Å². The second kappa shape index (κ2) is 2.62. The lowest BCUT2D eigenvalue weighted by Gasteiger charge is -2.16. The molecule has 1 fully saturated rings. The minimum Gasteiger partial charge on any atom is -0.458 e. The molecule has 3 heteroatoms. The first-order valence-electron chi connectivity index (χ1n) is 5.00. The lowest BCUT2D eigenvalue weighted by Crippen LogP contribution is -2.10. The Kier molecular flexibility index (Phi) is 1.52. The van der Waals surface area contributed by atoms with Gasteiger partial charge in [0.2, 0.25) is 6.79 Å². The van der Waals surface area contributed by atoms with Crippen molar-refractivity contribution in [2.45, 2.75) is 25.7 Å². The van der Waals surface area contributed by atoms with Crippen LogP contribution >= 0.6 is 0 Å². The minimum atomic E-state index is -0.134. The van der Waals surface area contributed by atoms with E-state index in [1.807, 2.05) is 6.08 Å². The highest BCUT2D eigenvalue weighted by Crippen LogP contribution is 2.53. The summed E-state index contributed by atoms with van der Waals surface area (Å²) in [5.74, 6) is 1.80. The Labute approximate surface area is 82.4 Å². The van der Waals surface area contributed by atoms with Crippen LogP contribution in [0, 0.1) is 5.41 Å². The topological polar surface area (TPSA) is 35.5 Å². The molecule has 2 aliphatic carbocycles. The number of aldehydes is 1. The Balaban J connectivity index is 1.92. The summed E-state index contributed by atoms with van der Waals surface area (Å²) in [7, 11) is 0. The number of rotatable bonds is 2. The van der Waals surface area contributed by atoms with Crippen molar-refractivity contribution >= 4 is 6.29 Å². The average Bonchev–Trinajstić information content (AvgIpc) is 2.89. The molecule has 14 heavy (non-hydrogen) atoms. The molecule has 0 aromatic heterocycles. The van der Waals surface area contributed by atoms with E-state index in [0.717, 1.165) is 43.5 Å². The van der Waals surface area contributed by atoms with Gasteiger partial charge < -0.3 is 14.3 Å². The quantitative estimate of drug-likeness (QED) is 0.627. The van der Waals surface area contributed by atoms with Gasteiger partial charge in [-0.3, -0.25) is 0 Å². The van der Waals surface area contributed by atoms with Crippen LogP contribution in [0.15, 0.2) is 23.2 Å². The van der Waals surface area contributed by atoms with Gasteiger partial charge in [0.1, 0.15) is 12.0 Å². The Morgan fingerprint density at radius 2 is 2.14 bits per heavy atom. The van der Waals surface area contributed by atoms with E-state index in [4.69, 9.17) is 9.47 Å². The average molecular weight is 192 g/mol. The van der Waals surface area contributed by atoms with E-state index >= 15 is 0 Å². The Bertz CT molecular complexity index is 348. The van der Waals surface area contributed by atoms with Crippen molar-refractivity contribution in [2.75, 3.05) is 6.79 Å². The molecule has 0 bridgehead atoms. The highest BCUT2D eigenvalue weighted by molar-refractivity contribution is 5.70. The highest BCUT2D eigenvalue weighted by Gasteiger charge is 2.46. The summed E-state index contributed by atoms with van der Waals surface area (Å²) >= 11 is 0. The maximum atomic E-state index is 11.0. The third-order valence-electron chi connectivity index (χ3n) is 3.30. The molecule has 1 aliphatic heterocycles. The monoisotopic (exact) mass is 192 g/mol. The largest absolute Gasteiger partial charge is 0.458 e. The fourth-order valence-electron chi connectivity index (χ4n) is 2.15. The van der Waals surface area contributed by atoms with Gasteiger partial charge in [-0.15, -0.1) is 0 Å². The van der Waals surface area contributed by atoms with Crippen LogP contribution in [0.3, 0.4) is 0 Å². The zero-order chi connectivity index (χ0) is 9.60. The van der Waals surface area contributed by atoms with Crippen molar-refractivity contribution in [3.05, 3.63) is 23.2 Å². The van der Waals surface area contributed by atoms with Crippen molar-refractivity contribution in [1.82, 2.24) is 0 Å². The summed E-state index contributed by atoms with van der Waals surface area (Å²) in [5.41, 5.74) is 1.10. The summed E-state index contributed by atoms with van der Waals surface area (Å²) in [6.07, 6.45) is 6.95. The molecular weight excluding hydrogens is 180 g/mol. The van der Waals surface area contributed by atoms with Crippen molar-refractivity contribution in [1.29, 1.82) is 0 Å². The SMILES string of the molecule is O=CC1(C2=CC3=C(CC2)OCO3)CC1. The van der Waals surface area contributed by atoms with Crippen molar-refractivity contribution in [3.8, 4) is 0 Å². The third-order valence-corrected chi connectivity index (χ3v) is 3.30. The summed E-state index contributed by atoms with van der Waals surface area (Å²) in [4.78, 5) is 11.0. The summed E-state index contributed by atoms with van der Waals surface area (Å²) in [5, 5.41) is 0. The number of hydrogen-bond acceptors (Lipinski definition) is 3. The van der Waals surface area contributed by atoms with Gasteiger partial charge in [0, 0.05) is 11.8 Å². The number of allylic oxidation sites excluding steroid dienone is 3. The van der Waals surface area contributed by atoms with Crippen LogP contribution in [0.2, 0.25) is 0 Å². The van der Waals surface area contributed by atoms with Crippen LogP contribution in [0.4, 0.5) is 0 Å². The Hall–Kier alpha value is -1.25. The maximum absolute atomic E-state index is 11.0. The van der Waals surface area contributed by atoms with Gasteiger partial charge in [-0.05, 0) is 25.3 Å². The van der Waals surface area contributed by atoms with Crippen LogP contribution < -0.4 is 0 Å². The van der Waals surface area contributed by atoms with Crippen LogP contribution in [0.5, 0.6) is 0 Å². The van der Waals surface area contributed by atoms with Crippen LogP contribution in [0.25, 0.3) is 0 Å². The van der Waals surface area contributed by atoms with Crippen LogP contribution in [-0.2, 0) is 14.3 Å². The minimum absolute atomic E-state index is 0.134. The van der Waals surface area contributed by atoms with Gasteiger partial charge in [-0.1, -0.05) is 5.57 Å². The molecule has 74 valence electrons. The van der Waals surface area contributed by atoms with Gasteiger partial charge >= 0.3 is 0 Å². The van der Waals surface area contributed by atoms with Crippen LogP contribution in [-0.4, -0.2) is 13.1 Å². The molecule has 3 aliphatic rings. The molecule has 0 unspecified atom stereocenters. The molecule has 0 spiro atoms. The molecule has 0 aromatic carbocycles. The zero-order valence-corrected chi connectivity index (χ0v) is 7.91. The number of hydrogen-bond donors (Lipinski definition) is 0. The van der Waals surface area contributed by atoms with E-state index in [0.29, 0.717) is 6.79 Å². The van der Waals surface area contributed by atoms with Gasteiger partial charge in [-0.25, -0.2) is 0 Å². The van der Waals surface area contributed by atoms with Gasteiger partial charge in [0.15, 0.2) is 5.76 Å². The molecule has 0 amide bonds. The lowest BCUT2D eigenvalue weighted by molar-refractivity contribution is -0.111. The van der Waals surface area contributed by atoms with Crippen molar-refractivity contribution in [2.24, 2.45) is 5.41 Å². The maximum Gasteiger partial charge on any atom is 0.230 e. The molecule has 0 aromatic rings. The van der Waals surface area contributed by atoms with Gasteiger partial charge in [0.25, 0.3) is 0 Å². The molecule has 0 radical (unpaired) electrons. The standard InChI is InChI=1S/C11H12O3/c12-6-11(3-4-11)8-1-2-9-10(5-8)14-7-13-9/h5-6H,1-4,7H2. The summed E-state index contributed by atoms with van der Waals surface area (Å²) in [6.45, 7) is 0.336. The van der Waals surface area contributed by atoms with Gasteiger partial charge in [-0.2, -0.15) is 0 Å². The summed E-state index contributed by atoms with van der Waals surface area (Å²) in [6, 6.07) is 0. The van der Waals surface area contributed by atoms with E-state index in [1.165, 1.54) is 5.57 Å². The first-order chi connectivity index (χ1) is 6.84. The fraction of sp³-hybridized carbons (Fsp3) is 0.545. The molecule has 0 N–H and O–H groups in total. The van der Waals surface area contributed by atoms with Crippen molar-refractivity contribution < 1.29 is 14.3 Å². The smallest absolute Gasteiger partial charge is 0.230 e. The fourth-order valence-corrected chi connectivity index (χ4v) is 2.15. The van der Waals surface area contributed by atoms with E-state index in [1.54, 1.807) is 0 Å². The first-order valence-corrected chi connectivity index (χ1v) is 5.00. The molecule has 1 saturated carbocycles. The molecular formula is C11H12O3. The predicted octanol–water partition coefficient (Wildman–Crippen LogP) is 1.90. The first kappa shape index (κ1) is 8.09.